The number of hydrogen-bond donors (Lipinski definition) is 1. The Morgan fingerprint density at radius 1 is 1.33 bits per heavy atom. The second-order valence-electron chi connectivity index (χ2n) is 4.62. The number of rotatable bonds is 7. The molecule has 0 saturated heterocycles. The summed E-state index contributed by atoms with van der Waals surface area (Å²) in [5.74, 6) is 1.10. The zero-order valence-corrected chi connectivity index (χ0v) is 11.2. The largest absolute Gasteiger partial charge is 0.491 e. The van der Waals surface area contributed by atoms with Gasteiger partial charge < -0.3 is 15.2 Å². The van der Waals surface area contributed by atoms with E-state index in [1.54, 1.807) is 18.2 Å². The zero-order valence-electron chi connectivity index (χ0n) is 11.2. The number of anilines is 1. The minimum Gasteiger partial charge on any atom is -0.491 e. The van der Waals surface area contributed by atoms with E-state index < -0.39 is 0 Å². The van der Waals surface area contributed by atoms with Crippen LogP contribution in [-0.2, 0) is 4.74 Å². The Bertz CT molecular complexity index is 402. The van der Waals surface area contributed by atoms with E-state index in [9.17, 15) is 4.79 Å². The van der Waals surface area contributed by atoms with Crippen molar-refractivity contribution in [3.8, 4) is 5.75 Å². The lowest BCUT2D eigenvalue weighted by atomic mass is 10.1. The summed E-state index contributed by atoms with van der Waals surface area (Å²) in [6, 6.07) is 5.10. The van der Waals surface area contributed by atoms with Crippen molar-refractivity contribution in [2.24, 2.45) is 5.92 Å². The predicted molar refractivity (Wildman–Crippen MR) is 72.0 cm³/mol. The van der Waals surface area contributed by atoms with Gasteiger partial charge in [0.2, 0.25) is 0 Å². The maximum absolute atomic E-state index is 11.3. The second kappa shape index (κ2) is 7.01. The van der Waals surface area contributed by atoms with Crippen LogP contribution in [0.15, 0.2) is 18.2 Å². The van der Waals surface area contributed by atoms with E-state index in [1.165, 1.54) is 6.92 Å². The molecule has 1 aromatic carbocycles. The Morgan fingerprint density at radius 2 is 2.06 bits per heavy atom. The maximum atomic E-state index is 11.3. The van der Waals surface area contributed by atoms with Crippen molar-refractivity contribution in [3.05, 3.63) is 23.8 Å². The third-order valence-corrected chi connectivity index (χ3v) is 2.35. The lowest BCUT2D eigenvalue weighted by Gasteiger charge is -2.10. The van der Waals surface area contributed by atoms with Crippen LogP contribution in [0.5, 0.6) is 5.75 Å². The third-order valence-electron chi connectivity index (χ3n) is 2.35. The van der Waals surface area contributed by atoms with Gasteiger partial charge in [-0.05, 0) is 31.0 Å². The van der Waals surface area contributed by atoms with Gasteiger partial charge >= 0.3 is 0 Å². The number of carbonyl (C=O) groups is 1. The first-order valence-corrected chi connectivity index (χ1v) is 6.11. The highest BCUT2D eigenvalue weighted by molar-refractivity contribution is 5.99. The fourth-order valence-corrected chi connectivity index (χ4v) is 1.47. The molecule has 0 fully saturated rings. The Balaban J connectivity index is 2.43. The van der Waals surface area contributed by atoms with Crippen LogP contribution in [0.25, 0.3) is 0 Å². The predicted octanol–water partition coefficient (Wildman–Crippen LogP) is 2.52. The topological polar surface area (TPSA) is 61.5 Å². The first-order valence-electron chi connectivity index (χ1n) is 6.11. The van der Waals surface area contributed by atoms with Crippen LogP contribution >= 0.6 is 0 Å². The smallest absolute Gasteiger partial charge is 0.162 e. The molecule has 4 heteroatoms. The Kier molecular flexibility index (Phi) is 5.65. The molecule has 1 rings (SSSR count). The monoisotopic (exact) mass is 251 g/mol. The molecule has 0 aliphatic rings. The van der Waals surface area contributed by atoms with Gasteiger partial charge in [0.05, 0.1) is 6.61 Å². The van der Waals surface area contributed by atoms with Crippen molar-refractivity contribution in [2.75, 3.05) is 25.6 Å². The van der Waals surface area contributed by atoms with E-state index in [2.05, 4.69) is 13.8 Å². The summed E-state index contributed by atoms with van der Waals surface area (Å²) in [5, 5.41) is 0. The van der Waals surface area contributed by atoms with Gasteiger partial charge in [0.1, 0.15) is 12.4 Å². The maximum Gasteiger partial charge on any atom is 0.162 e. The van der Waals surface area contributed by atoms with Gasteiger partial charge in [-0.2, -0.15) is 0 Å². The summed E-state index contributed by atoms with van der Waals surface area (Å²) in [4.78, 5) is 11.3. The van der Waals surface area contributed by atoms with Gasteiger partial charge in [-0.25, -0.2) is 0 Å². The average molecular weight is 251 g/mol. The average Bonchev–Trinajstić information content (AvgIpc) is 2.30. The number of ether oxygens (including phenoxy) is 2. The van der Waals surface area contributed by atoms with E-state index in [0.717, 1.165) is 6.61 Å². The number of nitrogens with two attached hydrogens (primary N) is 1. The lowest BCUT2D eigenvalue weighted by molar-refractivity contribution is 0.0818. The molecule has 0 amide bonds. The Labute approximate surface area is 108 Å². The van der Waals surface area contributed by atoms with E-state index >= 15 is 0 Å². The molecule has 2 N–H and O–H groups in total. The molecule has 0 atom stereocenters. The molecule has 18 heavy (non-hydrogen) atoms. The van der Waals surface area contributed by atoms with Crippen LogP contribution in [0, 0.1) is 5.92 Å². The molecule has 0 spiro atoms. The van der Waals surface area contributed by atoms with E-state index in [1.807, 2.05) is 0 Å². The van der Waals surface area contributed by atoms with Gasteiger partial charge in [-0.1, -0.05) is 13.8 Å². The van der Waals surface area contributed by atoms with E-state index in [0.29, 0.717) is 36.1 Å². The molecule has 0 radical (unpaired) electrons. The summed E-state index contributed by atoms with van der Waals surface area (Å²) < 4.78 is 10.9. The van der Waals surface area contributed by atoms with Crippen molar-refractivity contribution in [1.82, 2.24) is 0 Å². The molecule has 0 aliphatic heterocycles. The van der Waals surface area contributed by atoms with Crippen molar-refractivity contribution in [1.29, 1.82) is 0 Å². The molecule has 0 bridgehead atoms. The SMILES string of the molecule is CC(=O)c1cc(OCCOCC(C)C)ccc1N. The van der Waals surface area contributed by atoms with Gasteiger partial charge in [-0.3, -0.25) is 4.79 Å². The van der Waals surface area contributed by atoms with Crippen LogP contribution in [0.1, 0.15) is 31.1 Å². The second-order valence-corrected chi connectivity index (χ2v) is 4.62. The molecular formula is C14H21NO3. The normalized spacial score (nSPS) is 10.7. The quantitative estimate of drug-likeness (QED) is 0.459. The molecule has 1 aromatic rings. The summed E-state index contributed by atoms with van der Waals surface area (Å²) in [6.07, 6.45) is 0. The van der Waals surface area contributed by atoms with Gasteiger partial charge in [0, 0.05) is 17.9 Å². The van der Waals surface area contributed by atoms with Crippen LogP contribution in [-0.4, -0.2) is 25.6 Å². The van der Waals surface area contributed by atoms with Gasteiger partial charge in [-0.15, -0.1) is 0 Å². The van der Waals surface area contributed by atoms with Crippen LogP contribution in [0.4, 0.5) is 5.69 Å². The number of benzene rings is 1. The molecule has 0 heterocycles. The van der Waals surface area contributed by atoms with Crippen LogP contribution < -0.4 is 10.5 Å². The van der Waals surface area contributed by atoms with Crippen molar-refractivity contribution >= 4 is 11.5 Å². The summed E-state index contributed by atoms with van der Waals surface area (Å²) in [7, 11) is 0. The minimum absolute atomic E-state index is 0.0611. The molecule has 100 valence electrons. The number of ketones is 1. The van der Waals surface area contributed by atoms with Crippen molar-refractivity contribution < 1.29 is 14.3 Å². The van der Waals surface area contributed by atoms with Gasteiger partial charge in [0.25, 0.3) is 0 Å². The van der Waals surface area contributed by atoms with E-state index in [-0.39, 0.29) is 5.78 Å². The fourth-order valence-electron chi connectivity index (χ4n) is 1.47. The van der Waals surface area contributed by atoms with Crippen LogP contribution in [0.2, 0.25) is 0 Å². The number of carbonyl (C=O) groups excluding carboxylic acids is 1. The molecule has 0 aromatic heterocycles. The van der Waals surface area contributed by atoms with Crippen molar-refractivity contribution in [3.63, 3.8) is 0 Å². The number of nitrogen functional groups attached to an aromatic ring is 1. The molecule has 0 aliphatic carbocycles. The third kappa shape index (κ3) is 4.75. The standard InChI is InChI=1S/C14H21NO3/c1-10(2)9-17-6-7-18-12-4-5-14(15)13(8-12)11(3)16/h4-5,8,10H,6-7,9,15H2,1-3H3. The molecule has 0 unspecified atom stereocenters. The molecule has 0 saturated carbocycles. The highest BCUT2D eigenvalue weighted by Crippen LogP contribution is 2.20. The number of Topliss-reactive ketones (excluding diaryl/α,β-unsaturated/α-hetero) is 1. The summed E-state index contributed by atoms with van der Waals surface area (Å²) in [5.41, 5.74) is 6.67. The fraction of sp³-hybridized carbons (Fsp3) is 0.500. The summed E-state index contributed by atoms with van der Waals surface area (Å²) >= 11 is 0. The summed E-state index contributed by atoms with van der Waals surface area (Å²) in [6.45, 7) is 7.41. The van der Waals surface area contributed by atoms with Gasteiger partial charge in [0.15, 0.2) is 5.78 Å². The first kappa shape index (κ1) is 14.5. The number of hydrogen-bond acceptors (Lipinski definition) is 4. The Hall–Kier alpha value is -1.55. The van der Waals surface area contributed by atoms with Crippen molar-refractivity contribution in [2.45, 2.75) is 20.8 Å². The zero-order chi connectivity index (χ0) is 13.5. The molecular weight excluding hydrogens is 230 g/mol. The lowest BCUT2D eigenvalue weighted by Crippen LogP contribution is -2.10. The first-order chi connectivity index (χ1) is 8.50. The minimum atomic E-state index is -0.0611. The Morgan fingerprint density at radius 3 is 2.67 bits per heavy atom. The highest BCUT2D eigenvalue weighted by Gasteiger charge is 2.06. The van der Waals surface area contributed by atoms with E-state index in [4.69, 9.17) is 15.2 Å². The van der Waals surface area contributed by atoms with Crippen LogP contribution in [0.3, 0.4) is 0 Å². The molecule has 4 nitrogen and oxygen atoms in total. The highest BCUT2D eigenvalue weighted by atomic mass is 16.5.